The maximum Gasteiger partial charge on any atom is 0.265 e. The van der Waals surface area contributed by atoms with Crippen LogP contribution in [-0.4, -0.2) is 25.3 Å². The molecule has 0 fully saturated rings. The topological polar surface area (TPSA) is 73.2 Å². The van der Waals surface area contributed by atoms with Gasteiger partial charge in [0.1, 0.15) is 4.90 Å². The Morgan fingerprint density at radius 1 is 1.27 bits per heavy atom. The van der Waals surface area contributed by atoms with E-state index in [-0.39, 0.29) is 15.7 Å². The van der Waals surface area contributed by atoms with E-state index in [2.05, 4.69) is 25.8 Å². The molecule has 0 saturated heterocycles. The summed E-state index contributed by atoms with van der Waals surface area (Å²) in [6.45, 7) is 0.536. The predicted octanol–water partition coefficient (Wildman–Crippen LogP) is 4.16. The fraction of sp³-hybridized carbons (Fsp3) is 0.118. The van der Waals surface area contributed by atoms with E-state index in [9.17, 15) is 8.42 Å². The first-order chi connectivity index (χ1) is 12.4. The van der Waals surface area contributed by atoms with Crippen LogP contribution < -0.4 is 9.46 Å². The molecule has 0 aliphatic rings. The fourth-order valence-corrected chi connectivity index (χ4v) is 4.83. The molecule has 0 bridgehead atoms. The zero-order valence-electron chi connectivity index (χ0n) is 13.7. The van der Waals surface area contributed by atoms with Gasteiger partial charge in [0.2, 0.25) is 0 Å². The van der Waals surface area contributed by atoms with Gasteiger partial charge in [-0.3, -0.25) is 9.40 Å². The number of hydrogen-bond donors (Lipinski definition) is 1. The Labute approximate surface area is 164 Å². The first-order valence-corrected chi connectivity index (χ1v) is 10.2. The van der Waals surface area contributed by atoms with Crippen molar-refractivity contribution >= 4 is 43.2 Å². The van der Waals surface area contributed by atoms with Crippen molar-refractivity contribution in [3.63, 3.8) is 0 Å². The Morgan fingerprint density at radius 3 is 2.69 bits per heavy atom. The number of aromatic nitrogens is 2. The number of halogens is 2. The number of methoxy groups -OCH3 is 1. The summed E-state index contributed by atoms with van der Waals surface area (Å²) < 4.78 is 35.3. The van der Waals surface area contributed by atoms with Crippen LogP contribution in [0.25, 0.3) is 0 Å². The van der Waals surface area contributed by atoms with E-state index in [1.165, 1.54) is 19.4 Å². The molecule has 136 valence electrons. The Morgan fingerprint density at radius 2 is 2.00 bits per heavy atom. The van der Waals surface area contributed by atoms with Gasteiger partial charge in [-0.2, -0.15) is 5.10 Å². The van der Waals surface area contributed by atoms with E-state index < -0.39 is 10.0 Å². The van der Waals surface area contributed by atoms with Crippen molar-refractivity contribution in [3.8, 4) is 5.75 Å². The van der Waals surface area contributed by atoms with Crippen LogP contribution in [0, 0.1) is 0 Å². The van der Waals surface area contributed by atoms with Crippen molar-refractivity contribution in [2.75, 3.05) is 11.8 Å². The summed E-state index contributed by atoms with van der Waals surface area (Å²) in [5.41, 5.74) is 1.41. The quantitative estimate of drug-likeness (QED) is 0.604. The van der Waals surface area contributed by atoms with Crippen LogP contribution >= 0.6 is 27.5 Å². The minimum absolute atomic E-state index is 0.0600. The minimum Gasteiger partial charge on any atom is -0.494 e. The highest BCUT2D eigenvalue weighted by Crippen LogP contribution is 2.36. The number of hydrogen-bond acceptors (Lipinski definition) is 4. The zero-order valence-corrected chi connectivity index (χ0v) is 16.8. The monoisotopic (exact) mass is 455 g/mol. The molecule has 0 radical (unpaired) electrons. The maximum absolute atomic E-state index is 12.7. The van der Waals surface area contributed by atoms with Gasteiger partial charge in [-0.05, 0) is 33.6 Å². The van der Waals surface area contributed by atoms with Gasteiger partial charge in [0, 0.05) is 11.2 Å². The van der Waals surface area contributed by atoms with Crippen LogP contribution in [0.4, 0.5) is 5.69 Å². The van der Waals surface area contributed by atoms with Crippen LogP contribution in [0.3, 0.4) is 0 Å². The molecule has 3 rings (SSSR count). The molecule has 0 aliphatic heterocycles. The minimum atomic E-state index is -3.90. The number of nitrogens with zero attached hydrogens (tertiary/aromatic N) is 2. The smallest absolute Gasteiger partial charge is 0.265 e. The molecule has 0 amide bonds. The Balaban J connectivity index is 1.85. The Hall–Kier alpha value is -2.03. The van der Waals surface area contributed by atoms with Crippen LogP contribution in [-0.2, 0) is 16.6 Å². The van der Waals surface area contributed by atoms with Crippen molar-refractivity contribution in [3.05, 3.63) is 69.9 Å². The Bertz CT molecular complexity index is 1020. The molecule has 6 nitrogen and oxygen atoms in total. The largest absolute Gasteiger partial charge is 0.494 e. The molecule has 1 aromatic heterocycles. The lowest BCUT2D eigenvalue weighted by atomic mass is 10.2. The van der Waals surface area contributed by atoms with E-state index >= 15 is 0 Å². The lowest BCUT2D eigenvalue weighted by Crippen LogP contribution is -2.14. The molecular formula is C17H15BrClN3O3S. The molecule has 26 heavy (non-hydrogen) atoms. The highest BCUT2D eigenvalue weighted by molar-refractivity contribution is 9.10. The Kier molecular flexibility index (Phi) is 5.55. The van der Waals surface area contributed by atoms with Gasteiger partial charge >= 0.3 is 0 Å². The van der Waals surface area contributed by atoms with Crippen LogP contribution in [0.1, 0.15) is 5.56 Å². The van der Waals surface area contributed by atoms with Gasteiger partial charge in [0.05, 0.1) is 30.0 Å². The number of sulfonamides is 1. The number of ether oxygens (including phenoxy) is 1. The lowest BCUT2D eigenvalue weighted by Gasteiger charge is -2.12. The van der Waals surface area contributed by atoms with E-state index in [4.69, 9.17) is 16.3 Å². The van der Waals surface area contributed by atoms with Crippen LogP contribution in [0.2, 0.25) is 5.02 Å². The molecule has 3 aromatic rings. The van der Waals surface area contributed by atoms with Crippen LogP contribution in [0.5, 0.6) is 5.75 Å². The summed E-state index contributed by atoms with van der Waals surface area (Å²) in [7, 11) is -2.51. The molecular weight excluding hydrogens is 442 g/mol. The number of nitrogens with one attached hydrogen (secondary N) is 1. The third-order valence-electron chi connectivity index (χ3n) is 3.54. The van der Waals surface area contributed by atoms with E-state index in [0.717, 1.165) is 5.56 Å². The normalized spacial score (nSPS) is 11.3. The summed E-state index contributed by atoms with van der Waals surface area (Å²) in [5.74, 6) is 0.179. The summed E-state index contributed by atoms with van der Waals surface area (Å²) >= 11 is 9.25. The third kappa shape index (κ3) is 4.20. The molecule has 2 aromatic carbocycles. The van der Waals surface area contributed by atoms with Crippen molar-refractivity contribution in [1.82, 2.24) is 9.78 Å². The number of benzene rings is 2. The molecule has 0 spiro atoms. The summed E-state index contributed by atoms with van der Waals surface area (Å²) in [6.07, 6.45) is 3.07. The highest BCUT2D eigenvalue weighted by atomic mass is 79.9. The highest BCUT2D eigenvalue weighted by Gasteiger charge is 2.23. The van der Waals surface area contributed by atoms with Crippen molar-refractivity contribution in [2.45, 2.75) is 11.4 Å². The standard InChI is InChI=1S/C17H15BrClN3O3S/c1-25-17-15(18)7-13(19)8-16(17)26(23,24)21-14-9-20-22(11-14)10-12-5-3-2-4-6-12/h2-9,11,21H,10H2,1H3. The van der Waals surface area contributed by atoms with E-state index in [1.54, 1.807) is 16.9 Å². The van der Waals surface area contributed by atoms with Crippen molar-refractivity contribution < 1.29 is 13.2 Å². The summed E-state index contributed by atoms with van der Waals surface area (Å²) in [6, 6.07) is 12.7. The van der Waals surface area contributed by atoms with E-state index in [0.29, 0.717) is 16.7 Å². The maximum atomic E-state index is 12.7. The zero-order chi connectivity index (χ0) is 18.7. The van der Waals surface area contributed by atoms with Gasteiger partial charge in [-0.1, -0.05) is 41.9 Å². The lowest BCUT2D eigenvalue weighted by molar-refractivity contribution is 0.400. The number of anilines is 1. The summed E-state index contributed by atoms with van der Waals surface area (Å²) in [5, 5.41) is 4.47. The molecule has 0 aliphatic carbocycles. The molecule has 0 saturated carbocycles. The molecule has 0 unspecified atom stereocenters. The van der Waals surface area contributed by atoms with Gasteiger partial charge in [0.25, 0.3) is 10.0 Å². The van der Waals surface area contributed by atoms with Gasteiger partial charge in [-0.25, -0.2) is 8.42 Å². The fourth-order valence-electron chi connectivity index (χ4n) is 2.42. The van der Waals surface area contributed by atoms with Gasteiger partial charge in [-0.15, -0.1) is 0 Å². The molecule has 1 N–H and O–H groups in total. The molecule has 9 heteroatoms. The van der Waals surface area contributed by atoms with Crippen molar-refractivity contribution in [2.24, 2.45) is 0 Å². The summed E-state index contributed by atoms with van der Waals surface area (Å²) in [4.78, 5) is -0.0600. The average molecular weight is 457 g/mol. The number of rotatable bonds is 6. The third-order valence-corrected chi connectivity index (χ3v) is 5.73. The van der Waals surface area contributed by atoms with E-state index in [1.807, 2.05) is 30.3 Å². The van der Waals surface area contributed by atoms with Gasteiger partial charge in [0.15, 0.2) is 5.75 Å². The van der Waals surface area contributed by atoms with Gasteiger partial charge < -0.3 is 4.74 Å². The first kappa shape index (κ1) is 18.8. The SMILES string of the molecule is COc1c(Br)cc(Cl)cc1S(=O)(=O)Nc1cnn(Cc2ccccc2)c1. The second-order valence-electron chi connectivity index (χ2n) is 5.44. The molecule has 0 atom stereocenters. The first-order valence-electron chi connectivity index (χ1n) is 7.51. The van der Waals surface area contributed by atoms with Crippen molar-refractivity contribution in [1.29, 1.82) is 0 Å². The second-order valence-corrected chi connectivity index (χ2v) is 8.38. The average Bonchev–Trinajstić information content (AvgIpc) is 3.01. The molecule has 1 heterocycles. The second kappa shape index (κ2) is 7.69. The predicted molar refractivity (Wildman–Crippen MR) is 104 cm³/mol. The van der Waals surface area contributed by atoms with Crippen LogP contribution in [0.15, 0.2) is 64.2 Å².